The van der Waals surface area contributed by atoms with Crippen molar-refractivity contribution >= 4 is 0 Å². The Hall–Kier alpha value is -1.12. The van der Waals surface area contributed by atoms with Gasteiger partial charge in [0, 0.05) is 0 Å². The molecule has 68 valence electrons. The van der Waals surface area contributed by atoms with Crippen LogP contribution in [0.4, 0.5) is 0 Å². The Morgan fingerprint density at radius 3 is 2.58 bits per heavy atom. The molecular weight excluding hydrogens is 154 g/mol. The topological polar surface area (TPSA) is 43.1 Å². The van der Waals surface area contributed by atoms with Crippen molar-refractivity contribution in [3.05, 3.63) is 34.0 Å². The molecule has 0 aromatic rings. The molecule has 0 saturated carbocycles. The smallest absolute Gasteiger partial charge is 0.230 e. The van der Waals surface area contributed by atoms with Gasteiger partial charge in [-0.2, -0.15) is 0 Å². The van der Waals surface area contributed by atoms with Crippen LogP contribution in [-0.2, 0) is 0 Å². The SMILES string of the molecule is CC(C)=CCCC/C=C/[N+](=O)[O-]. The number of hydrogen-bond donors (Lipinski definition) is 0. The largest absolute Gasteiger partial charge is 0.259 e. The van der Waals surface area contributed by atoms with Crippen molar-refractivity contribution < 1.29 is 4.92 Å². The lowest BCUT2D eigenvalue weighted by Gasteiger charge is -1.90. The lowest BCUT2D eigenvalue weighted by atomic mass is 10.2. The normalized spacial score (nSPS) is 10.2. The van der Waals surface area contributed by atoms with Gasteiger partial charge < -0.3 is 0 Å². The van der Waals surface area contributed by atoms with Gasteiger partial charge in [0.25, 0.3) is 0 Å². The maximum Gasteiger partial charge on any atom is 0.230 e. The van der Waals surface area contributed by atoms with Crippen LogP contribution < -0.4 is 0 Å². The Bertz CT molecular complexity index is 191. The molecule has 0 spiro atoms. The molecule has 0 heterocycles. The molecule has 0 amide bonds. The molecule has 0 unspecified atom stereocenters. The molecular formula is C9H15NO2. The molecule has 0 bridgehead atoms. The Kier molecular flexibility index (Phi) is 5.97. The Morgan fingerprint density at radius 2 is 2.08 bits per heavy atom. The first-order valence-corrected chi connectivity index (χ1v) is 4.06. The number of nitro groups is 1. The van der Waals surface area contributed by atoms with E-state index in [4.69, 9.17) is 0 Å². The third-order valence-electron chi connectivity index (χ3n) is 1.35. The molecule has 0 radical (unpaired) electrons. The fraction of sp³-hybridized carbons (Fsp3) is 0.556. The number of rotatable bonds is 5. The summed E-state index contributed by atoms with van der Waals surface area (Å²) in [4.78, 5) is 9.42. The molecule has 0 aromatic carbocycles. The van der Waals surface area contributed by atoms with E-state index in [1.165, 1.54) is 5.57 Å². The molecule has 3 nitrogen and oxygen atoms in total. The Labute approximate surface area is 72.9 Å². The highest BCUT2D eigenvalue weighted by Gasteiger charge is 1.85. The van der Waals surface area contributed by atoms with Gasteiger partial charge in [-0.25, -0.2) is 0 Å². The van der Waals surface area contributed by atoms with Crippen LogP contribution in [0.25, 0.3) is 0 Å². The first-order chi connectivity index (χ1) is 5.63. The fourth-order valence-corrected chi connectivity index (χ4v) is 0.787. The van der Waals surface area contributed by atoms with E-state index < -0.39 is 4.92 Å². The van der Waals surface area contributed by atoms with E-state index >= 15 is 0 Å². The summed E-state index contributed by atoms with van der Waals surface area (Å²) < 4.78 is 0. The van der Waals surface area contributed by atoms with Gasteiger partial charge in [-0.1, -0.05) is 11.6 Å². The van der Waals surface area contributed by atoms with Gasteiger partial charge in [0.15, 0.2) is 0 Å². The van der Waals surface area contributed by atoms with Crippen LogP contribution in [0, 0.1) is 10.1 Å². The molecule has 0 aliphatic carbocycles. The summed E-state index contributed by atoms with van der Waals surface area (Å²) in [5, 5.41) is 9.85. The molecule has 0 N–H and O–H groups in total. The van der Waals surface area contributed by atoms with Crippen LogP contribution >= 0.6 is 0 Å². The third kappa shape index (κ3) is 8.88. The zero-order chi connectivity index (χ0) is 9.40. The van der Waals surface area contributed by atoms with Gasteiger partial charge in [-0.3, -0.25) is 10.1 Å². The van der Waals surface area contributed by atoms with E-state index in [9.17, 15) is 10.1 Å². The Morgan fingerprint density at radius 1 is 1.42 bits per heavy atom. The quantitative estimate of drug-likeness (QED) is 0.275. The Balaban J connectivity index is 3.33. The molecule has 0 fully saturated rings. The second-order valence-corrected chi connectivity index (χ2v) is 2.88. The number of allylic oxidation sites excluding steroid dienone is 3. The van der Waals surface area contributed by atoms with Crippen LogP contribution in [0.5, 0.6) is 0 Å². The second-order valence-electron chi connectivity index (χ2n) is 2.88. The number of nitrogens with zero attached hydrogens (tertiary/aromatic N) is 1. The van der Waals surface area contributed by atoms with Crippen molar-refractivity contribution in [2.75, 3.05) is 0 Å². The highest BCUT2D eigenvalue weighted by atomic mass is 16.6. The summed E-state index contributed by atoms with van der Waals surface area (Å²) in [7, 11) is 0. The van der Waals surface area contributed by atoms with Crippen molar-refractivity contribution in [1.82, 2.24) is 0 Å². The molecule has 0 rings (SSSR count). The minimum atomic E-state index is -0.430. The summed E-state index contributed by atoms with van der Waals surface area (Å²) >= 11 is 0. The molecule has 0 saturated heterocycles. The molecule has 0 aromatic heterocycles. The summed E-state index contributed by atoms with van der Waals surface area (Å²) in [5.41, 5.74) is 1.30. The zero-order valence-electron chi connectivity index (χ0n) is 7.62. The maximum absolute atomic E-state index is 9.85. The zero-order valence-corrected chi connectivity index (χ0v) is 7.62. The van der Waals surface area contributed by atoms with Crippen LogP contribution in [-0.4, -0.2) is 4.92 Å². The summed E-state index contributed by atoms with van der Waals surface area (Å²) in [6.07, 6.45) is 7.51. The van der Waals surface area contributed by atoms with E-state index in [0.29, 0.717) is 0 Å². The predicted molar refractivity (Wildman–Crippen MR) is 49.4 cm³/mol. The van der Waals surface area contributed by atoms with E-state index in [0.717, 1.165) is 25.5 Å². The van der Waals surface area contributed by atoms with Gasteiger partial charge in [-0.15, -0.1) is 0 Å². The molecule has 0 atom stereocenters. The second kappa shape index (κ2) is 6.58. The van der Waals surface area contributed by atoms with Gasteiger partial charge in [-0.05, 0) is 39.2 Å². The van der Waals surface area contributed by atoms with Crippen molar-refractivity contribution in [2.24, 2.45) is 0 Å². The first kappa shape index (κ1) is 10.9. The van der Waals surface area contributed by atoms with E-state index in [2.05, 4.69) is 6.08 Å². The minimum Gasteiger partial charge on any atom is -0.259 e. The van der Waals surface area contributed by atoms with E-state index in [-0.39, 0.29) is 0 Å². The predicted octanol–water partition coefficient (Wildman–Crippen LogP) is 2.91. The first-order valence-electron chi connectivity index (χ1n) is 4.06. The van der Waals surface area contributed by atoms with Gasteiger partial charge in [0.1, 0.15) is 0 Å². The van der Waals surface area contributed by atoms with Gasteiger partial charge >= 0.3 is 0 Å². The summed E-state index contributed by atoms with van der Waals surface area (Å²) in [6.45, 7) is 4.10. The summed E-state index contributed by atoms with van der Waals surface area (Å²) in [5.74, 6) is 0. The molecule has 0 aliphatic rings. The van der Waals surface area contributed by atoms with Crippen LogP contribution in [0.2, 0.25) is 0 Å². The average molecular weight is 169 g/mol. The van der Waals surface area contributed by atoms with Crippen molar-refractivity contribution in [3.63, 3.8) is 0 Å². The van der Waals surface area contributed by atoms with Gasteiger partial charge in [0.2, 0.25) is 6.20 Å². The lowest BCUT2D eigenvalue weighted by molar-refractivity contribution is -0.402. The highest BCUT2D eigenvalue weighted by Crippen LogP contribution is 2.00. The average Bonchev–Trinajstić information content (AvgIpc) is 1.95. The minimum absolute atomic E-state index is 0.430. The third-order valence-corrected chi connectivity index (χ3v) is 1.35. The van der Waals surface area contributed by atoms with Crippen molar-refractivity contribution in [1.29, 1.82) is 0 Å². The fourth-order valence-electron chi connectivity index (χ4n) is 0.787. The lowest BCUT2D eigenvalue weighted by Crippen LogP contribution is -1.82. The van der Waals surface area contributed by atoms with Crippen LogP contribution in [0.15, 0.2) is 23.9 Å². The molecule has 12 heavy (non-hydrogen) atoms. The van der Waals surface area contributed by atoms with Gasteiger partial charge in [0.05, 0.1) is 4.92 Å². The summed E-state index contributed by atoms with van der Waals surface area (Å²) in [6, 6.07) is 0. The van der Waals surface area contributed by atoms with E-state index in [1.807, 2.05) is 13.8 Å². The number of hydrogen-bond acceptors (Lipinski definition) is 2. The number of unbranched alkanes of at least 4 members (excludes halogenated alkanes) is 2. The molecule has 3 heteroatoms. The standard InChI is InChI=1S/C9H15NO2/c1-9(2)7-5-3-4-6-8-10(11)12/h6-8H,3-5H2,1-2H3/b8-6+. The maximum atomic E-state index is 9.85. The highest BCUT2D eigenvalue weighted by molar-refractivity contribution is 4.92. The monoisotopic (exact) mass is 169 g/mol. The molecule has 0 aliphatic heterocycles. The van der Waals surface area contributed by atoms with Crippen molar-refractivity contribution in [3.8, 4) is 0 Å². The van der Waals surface area contributed by atoms with E-state index in [1.54, 1.807) is 6.08 Å². The van der Waals surface area contributed by atoms with Crippen molar-refractivity contribution in [2.45, 2.75) is 33.1 Å². The van der Waals surface area contributed by atoms with Crippen LogP contribution in [0.1, 0.15) is 33.1 Å². The van der Waals surface area contributed by atoms with Crippen LogP contribution in [0.3, 0.4) is 0 Å².